The molecule has 0 atom stereocenters. The van der Waals surface area contributed by atoms with Gasteiger partial charge in [-0.15, -0.1) is 0 Å². The number of nitrogens with one attached hydrogen (secondary N) is 1. The molecule has 0 bridgehead atoms. The number of carboxylic acid groups (broad SMARTS) is 1. The summed E-state index contributed by atoms with van der Waals surface area (Å²) in [6.45, 7) is 2.85. The molecule has 1 fully saturated rings. The molecule has 2 rings (SSSR count). The highest BCUT2D eigenvalue weighted by Gasteiger charge is 2.38. The summed E-state index contributed by atoms with van der Waals surface area (Å²) >= 11 is 0. The average molecular weight is 321 g/mol. The highest BCUT2D eigenvalue weighted by atomic mass is 16.7. The van der Waals surface area contributed by atoms with Crippen molar-refractivity contribution in [2.24, 2.45) is 0 Å². The maximum Gasteiger partial charge on any atom is 0.350 e. The lowest BCUT2D eigenvalue weighted by molar-refractivity contribution is -0.222. The van der Waals surface area contributed by atoms with E-state index in [9.17, 15) is 19.5 Å². The number of ether oxygens (including phenoxy) is 2. The summed E-state index contributed by atoms with van der Waals surface area (Å²) in [5, 5.41) is 21.1. The second-order valence-electron chi connectivity index (χ2n) is 5.30. The number of aliphatic carboxylic acids is 1. The van der Waals surface area contributed by atoms with Crippen LogP contribution >= 0.6 is 0 Å². The van der Waals surface area contributed by atoms with Crippen LogP contribution in [0, 0.1) is 0 Å². The molecule has 3 N–H and O–H groups in total. The van der Waals surface area contributed by atoms with E-state index >= 15 is 0 Å². The average Bonchev–Trinajstić information content (AvgIpc) is 2.39. The lowest BCUT2D eigenvalue weighted by atomic mass is 10.1. The first-order valence-electron chi connectivity index (χ1n) is 6.65. The Morgan fingerprint density at radius 3 is 2.43 bits per heavy atom. The van der Waals surface area contributed by atoms with Gasteiger partial charge in [0.05, 0.1) is 12.1 Å². The Labute approximate surface area is 131 Å². The van der Waals surface area contributed by atoms with E-state index in [1.54, 1.807) is 0 Å². The molecule has 0 radical (unpaired) electrons. The van der Waals surface area contributed by atoms with E-state index < -0.39 is 23.7 Å². The van der Waals surface area contributed by atoms with Crippen LogP contribution in [0.25, 0.3) is 0 Å². The van der Waals surface area contributed by atoms with Crippen molar-refractivity contribution in [1.82, 2.24) is 0 Å². The molecule has 0 aromatic heterocycles. The number of benzene rings is 1. The van der Waals surface area contributed by atoms with Gasteiger partial charge in [0.1, 0.15) is 5.75 Å². The Morgan fingerprint density at radius 2 is 1.87 bits per heavy atom. The minimum Gasteiger partial charge on any atom is -0.506 e. The van der Waals surface area contributed by atoms with Gasteiger partial charge in [0, 0.05) is 20.0 Å². The van der Waals surface area contributed by atoms with Crippen LogP contribution in [0.15, 0.2) is 30.0 Å². The lowest BCUT2D eigenvalue weighted by Gasteiger charge is -2.29. The first-order valence-corrected chi connectivity index (χ1v) is 6.65. The van der Waals surface area contributed by atoms with E-state index in [-0.39, 0.29) is 23.4 Å². The summed E-state index contributed by atoms with van der Waals surface area (Å²) in [7, 11) is 0. The van der Waals surface area contributed by atoms with Gasteiger partial charge in [0.25, 0.3) is 5.79 Å². The van der Waals surface area contributed by atoms with E-state index in [1.165, 1.54) is 32.0 Å². The fraction of sp³-hybridized carbons (Fsp3) is 0.267. The molecule has 1 heterocycles. The molecule has 1 saturated heterocycles. The van der Waals surface area contributed by atoms with Crippen LogP contribution in [-0.4, -0.2) is 33.9 Å². The number of rotatable bonds is 4. The van der Waals surface area contributed by atoms with Gasteiger partial charge in [0.2, 0.25) is 0 Å². The van der Waals surface area contributed by atoms with Crippen molar-refractivity contribution in [3.05, 3.63) is 35.5 Å². The summed E-state index contributed by atoms with van der Waals surface area (Å²) < 4.78 is 9.84. The summed E-state index contributed by atoms with van der Waals surface area (Å²) in [5.41, 5.74) is 0.208. The highest BCUT2D eigenvalue weighted by Crippen LogP contribution is 2.26. The molecule has 1 aliphatic rings. The Balaban J connectivity index is 2.21. The Kier molecular flexibility index (Phi) is 4.26. The zero-order valence-corrected chi connectivity index (χ0v) is 12.5. The molecular weight excluding hydrogens is 306 g/mol. The molecule has 23 heavy (non-hydrogen) atoms. The standard InChI is InChI=1S/C15H15NO7/c1-15(2)22-13(20)9(14(21)23-15)7-16-10-5-8(6-12(18)19)3-4-11(10)17/h3-5,7,16-17H,6H2,1-2H3,(H,18,19). The molecule has 0 aliphatic carbocycles. The number of aromatic hydroxyl groups is 1. The van der Waals surface area contributed by atoms with Crippen LogP contribution in [0.3, 0.4) is 0 Å². The van der Waals surface area contributed by atoms with Crippen molar-refractivity contribution in [3.8, 4) is 5.75 Å². The van der Waals surface area contributed by atoms with Crippen LogP contribution < -0.4 is 5.32 Å². The molecule has 0 unspecified atom stereocenters. The Bertz CT molecular complexity index is 684. The largest absolute Gasteiger partial charge is 0.506 e. The van der Waals surface area contributed by atoms with Gasteiger partial charge in [-0.3, -0.25) is 4.79 Å². The number of anilines is 1. The van der Waals surface area contributed by atoms with E-state index in [0.717, 1.165) is 6.20 Å². The van der Waals surface area contributed by atoms with Crippen LogP contribution in [0.1, 0.15) is 19.4 Å². The van der Waals surface area contributed by atoms with Crippen molar-refractivity contribution in [3.63, 3.8) is 0 Å². The first kappa shape index (κ1) is 16.3. The maximum absolute atomic E-state index is 11.8. The second kappa shape index (κ2) is 5.99. The monoisotopic (exact) mass is 321 g/mol. The van der Waals surface area contributed by atoms with Gasteiger partial charge in [0.15, 0.2) is 5.57 Å². The smallest absolute Gasteiger partial charge is 0.350 e. The topological polar surface area (TPSA) is 122 Å². The quantitative estimate of drug-likeness (QED) is 0.327. The number of cyclic esters (lactones) is 2. The van der Waals surface area contributed by atoms with Gasteiger partial charge in [-0.1, -0.05) is 6.07 Å². The van der Waals surface area contributed by atoms with Gasteiger partial charge >= 0.3 is 17.9 Å². The molecular formula is C15H15NO7. The molecule has 122 valence electrons. The molecule has 1 aromatic rings. The molecule has 1 aliphatic heterocycles. The summed E-state index contributed by atoms with van der Waals surface area (Å²) in [6, 6.07) is 4.15. The fourth-order valence-corrected chi connectivity index (χ4v) is 1.91. The normalized spacial score (nSPS) is 16.3. The molecule has 1 aromatic carbocycles. The fourth-order valence-electron chi connectivity index (χ4n) is 1.91. The van der Waals surface area contributed by atoms with Crippen LogP contribution in [0.2, 0.25) is 0 Å². The first-order chi connectivity index (χ1) is 10.7. The SMILES string of the molecule is CC1(C)OC(=O)C(=CNc2cc(CC(=O)O)ccc2O)C(=O)O1. The van der Waals surface area contributed by atoms with Crippen molar-refractivity contribution < 1.29 is 34.1 Å². The maximum atomic E-state index is 11.8. The predicted octanol–water partition coefficient (Wildman–Crippen LogP) is 1.15. The lowest BCUT2D eigenvalue weighted by Crippen LogP contribution is -2.42. The number of carbonyl (C=O) groups is 3. The number of esters is 2. The van der Waals surface area contributed by atoms with Crippen molar-refractivity contribution in [1.29, 1.82) is 0 Å². The third kappa shape index (κ3) is 4.00. The van der Waals surface area contributed by atoms with E-state index in [0.29, 0.717) is 5.56 Å². The number of phenols is 1. The molecule has 0 saturated carbocycles. The van der Waals surface area contributed by atoms with Crippen molar-refractivity contribution in [2.45, 2.75) is 26.1 Å². The van der Waals surface area contributed by atoms with E-state index in [2.05, 4.69) is 5.32 Å². The number of carboxylic acids is 1. The number of hydrogen-bond acceptors (Lipinski definition) is 7. The third-order valence-corrected chi connectivity index (χ3v) is 2.91. The van der Waals surface area contributed by atoms with Crippen molar-refractivity contribution in [2.75, 3.05) is 5.32 Å². The second-order valence-corrected chi connectivity index (χ2v) is 5.30. The summed E-state index contributed by atoms with van der Waals surface area (Å²) in [4.78, 5) is 34.2. The number of hydrogen-bond donors (Lipinski definition) is 3. The van der Waals surface area contributed by atoms with E-state index in [1.807, 2.05) is 0 Å². The van der Waals surface area contributed by atoms with Crippen LogP contribution in [-0.2, 0) is 30.3 Å². The molecule has 8 heteroatoms. The van der Waals surface area contributed by atoms with Gasteiger partial charge in [-0.2, -0.15) is 0 Å². The minimum atomic E-state index is -1.34. The Morgan fingerprint density at radius 1 is 1.26 bits per heavy atom. The molecule has 8 nitrogen and oxygen atoms in total. The highest BCUT2D eigenvalue weighted by molar-refractivity contribution is 6.15. The minimum absolute atomic E-state index is 0.140. The number of carbonyl (C=O) groups excluding carboxylic acids is 2. The van der Waals surface area contributed by atoms with Gasteiger partial charge < -0.3 is 25.0 Å². The number of phenolic OH excluding ortho intramolecular Hbond substituents is 1. The zero-order chi connectivity index (χ0) is 17.2. The molecule has 0 spiro atoms. The summed E-state index contributed by atoms with van der Waals surface area (Å²) in [5.74, 6) is -4.26. The van der Waals surface area contributed by atoms with Crippen LogP contribution in [0.5, 0.6) is 5.75 Å². The summed E-state index contributed by atoms with van der Waals surface area (Å²) in [6.07, 6.45) is 0.809. The van der Waals surface area contributed by atoms with E-state index in [4.69, 9.17) is 14.6 Å². The van der Waals surface area contributed by atoms with Crippen molar-refractivity contribution >= 4 is 23.6 Å². The van der Waals surface area contributed by atoms with Gasteiger partial charge in [-0.25, -0.2) is 9.59 Å². The predicted molar refractivity (Wildman–Crippen MR) is 77.4 cm³/mol. The Hall–Kier alpha value is -3.03. The zero-order valence-electron chi connectivity index (χ0n) is 12.5. The van der Waals surface area contributed by atoms with Gasteiger partial charge in [-0.05, 0) is 17.7 Å². The van der Waals surface area contributed by atoms with Crippen LogP contribution in [0.4, 0.5) is 5.69 Å². The third-order valence-electron chi connectivity index (χ3n) is 2.91. The molecule has 0 amide bonds.